The van der Waals surface area contributed by atoms with Gasteiger partial charge in [-0.3, -0.25) is 0 Å². The zero-order chi connectivity index (χ0) is 20.6. The summed E-state index contributed by atoms with van der Waals surface area (Å²) in [7, 11) is 0. The Morgan fingerprint density at radius 2 is 1.93 bits per heavy atom. The standard InChI is InChI=1S/C23H38N4O2/c1-4-26-12-14-27(15-13-26)21-10-9-20(17-19(21)3)25-23(28)24-11-16-29-22-8-6-5-7-18(22)2/h9-10,17-18,22H,4-8,11-16H2,1-3H3,(H2,24,25,28)/t18-,22+/m0/s1. The predicted molar refractivity (Wildman–Crippen MR) is 120 cm³/mol. The van der Waals surface area contributed by atoms with Crippen molar-refractivity contribution in [2.24, 2.45) is 5.92 Å². The van der Waals surface area contributed by atoms with Crippen molar-refractivity contribution in [3.63, 3.8) is 0 Å². The molecule has 29 heavy (non-hydrogen) atoms. The van der Waals surface area contributed by atoms with Gasteiger partial charge in [-0.2, -0.15) is 0 Å². The van der Waals surface area contributed by atoms with E-state index in [1.807, 2.05) is 6.07 Å². The van der Waals surface area contributed by atoms with Gasteiger partial charge in [0.15, 0.2) is 0 Å². The van der Waals surface area contributed by atoms with E-state index in [0.717, 1.165) is 44.8 Å². The van der Waals surface area contributed by atoms with Crippen LogP contribution in [0.1, 0.15) is 45.1 Å². The van der Waals surface area contributed by atoms with Gasteiger partial charge >= 0.3 is 6.03 Å². The maximum atomic E-state index is 12.2. The molecule has 3 rings (SSSR count). The average Bonchev–Trinajstić information content (AvgIpc) is 2.73. The first-order chi connectivity index (χ1) is 14.1. The number of hydrogen-bond acceptors (Lipinski definition) is 4. The van der Waals surface area contributed by atoms with Gasteiger partial charge in [-0.05, 0) is 56.0 Å². The molecule has 2 N–H and O–H groups in total. The SMILES string of the molecule is CCN1CCN(c2ccc(NC(=O)NCCO[C@@H]3CCCC[C@@H]3C)cc2C)CC1. The normalized spacial score (nSPS) is 23.1. The van der Waals surface area contributed by atoms with Crippen molar-refractivity contribution < 1.29 is 9.53 Å². The topological polar surface area (TPSA) is 56.8 Å². The Labute approximate surface area is 176 Å². The van der Waals surface area contributed by atoms with E-state index in [4.69, 9.17) is 4.74 Å². The molecule has 1 aliphatic carbocycles. The van der Waals surface area contributed by atoms with Crippen molar-refractivity contribution in [2.75, 3.05) is 56.1 Å². The first kappa shape index (κ1) is 21.9. The van der Waals surface area contributed by atoms with Crippen molar-refractivity contribution in [1.82, 2.24) is 10.2 Å². The van der Waals surface area contributed by atoms with Gasteiger partial charge < -0.3 is 25.2 Å². The molecule has 1 heterocycles. The van der Waals surface area contributed by atoms with E-state index >= 15 is 0 Å². The molecule has 0 aromatic heterocycles. The Bertz CT molecular complexity index is 658. The zero-order valence-electron chi connectivity index (χ0n) is 18.4. The Morgan fingerprint density at radius 1 is 1.17 bits per heavy atom. The highest BCUT2D eigenvalue weighted by molar-refractivity contribution is 5.89. The molecule has 1 saturated heterocycles. The second kappa shape index (κ2) is 10.8. The summed E-state index contributed by atoms with van der Waals surface area (Å²) in [4.78, 5) is 17.1. The second-order valence-electron chi connectivity index (χ2n) is 8.47. The largest absolute Gasteiger partial charge is 0.376 e. The minimum absolute atomic E-state index is 0.172. The van der Waals surface area contributed by atoms with E-state index in [2.05, 4.69) is 53.3 Å². The summed E-state index contributed by atoms with van der Waals surface area (Å²) in [5.41, 5.74) is 3.29. The number of nitrogens with zero attached hydrogens (tertiary/aromatic N) is 2. The van der Waals surface area contributed by atoms with Crippen LogP contribution in [-0.2, 0) is 4.74 Å². The van der Waals surface area contributed by atoms with Crippen LogP contribution < -0.4 is 15.5 Å². The first-order valence-electron chi connectivity index (χ1n) is 11.3. The number of amides is 2. The van der Waals surface area contributed by atoms with Crippen molar-refractivity contribution >= 4 is 17.4 Å². The molecule has 162 valence electrons. The van der Waals surface area contributed by atoms with Gasteiger partial charge in [0.1, 0.15) is 0 Å². The molecule has 0 spiro atoms. The van der Waals surface area contributed by atoms with E-state index in [1.165, 1.54) is 30.5 Å². The van der Waals surface area contributed by atoms with Crippen LogP contribution in [0.5, 0.6) is 0 Å². The lowest BCUT2D eigenvalue weighted by Gasteiger charge is -2.36. The minimum Gasteiger partial charge on any atom is -0.376 e. The lowest BCUT2D eigenvalue weighted by molar-refractivity contribution is -0.00232. The Balaban J connectivity index is 1.40. The Morgan fingerprint density at radius 3 is 2.62 bits per heavy atom. The van der Waals surface area contributed by atoms with Gasteiger partial charge in [-0.1, -0.05) is 26.7 Å². The summed E-state index contributed by atoms with van der Waals surface area (Å²) in [6.45, 7) is 13.2. The van der Waals surface area contributed by atoms with Gasteiger partial charge in [-0.15, -0.1) is 0 Å². The summed E-state index contributed by atoms with van der Waals surface area (Å²) < 4.78 is 5.96. The maximum absolute atomic E-state index is 12.2. The molecule has 6 heteroatoms. The molecule has 2 fully saturated rings. The average molecular weight is 403 g/mol. The van der Waals surface area contributed by atoms with E-state index < -0.39 is 0 Å². The van der Waals surface area contributed by atoms with Crippen molar-refractivity contribution in [3.05, 3.63) is 23.8 Å². The van der Waals surface area contributed by atoms with Crippen LogP contribution in [0, 0.1) is 12.8 Å². The van der Waals surface area contributed by atoms with Crippen LogP contribution in [0.2, 0.25) is 0 Å². The highest BCUT2D eigenvalue weighted by Crippen LogP contribution is 2.26. The molecule has 1 saturated carbocycles. The van der Waals surface area contributed by atoms with E-state index in [9.17, 15) is 4.79 Å². The van der Waals surface area contributed by atoms with E-state index in [-0.39, 0.29) is 6.03 Å². The van der Waals surface area contributed by atoms with Gasteiger partial charge in [-0.25, -0.2) is 4.79 Å². The monoisotopic (exact) mass is 402 g/mol. The molecular weight excluding hydrogens is 364 g/mol. The number of anilines is 2. The number of ether oxygens (including phenoxy) is 1. The lowest BCUT2D eigenvalue weighted by atomic mass is 9.88. The van der Waals surface area contributed by atoms with Crippen LogP contribution >= 0.6 is 0 Å². The van der Waals surface area contributed by atoms with Gasteiger partial charge in [0, 0.05) is 44.1 Å². The van der Waals surface area contributed by atoms with Crippen LogP contribution in [-0.4, -0.2) is 62.9 Å². The molecule has 0 bridgehead atoms. The highest BCUT2D eigenvalue weighted by atomic mass is 16.5. The molecule has 6 nitrogen and oxygen atoms in total. The number of carbonyl (C=O) groups excluding carboxylic acids is 1. The number of rotatable bonds is 7. The Hall–Kier alpha value is -1.79. The van der Waals surface area contributed by atoms with E-state index in [1.54, 1.807) is 0 Å². The molecule has 0 radical (unpaired) electrons. The lowest BCUT2D eigenvalue weighted by Crippen LogP contribution is -2.46. The number of benzene rings is 1. The molecule has 2 atom stereocenters. The molecule has 2 amide bonds. The number of hydrogen-bond donors (Lipinski definition) is 2. The Kier molecular flexibility index (Phi) is 8.19. The summed E-state index contributed by atoms with van der Waals surface area (Å²) in [5.74, 6) is 0.629. The highest BCUT2D eigenvalue weighted by Gasteiger charge is 2.21. The number of nitrogens with one attached hydrogen (secondary N) is 2. The van der Waals surface area contributed by atoms with Gasteiger partial charge in [0.2, 0.25) is 0 Å². The van der Waals surface area contributed by atoms with Crippen LogP contribution in [0.15, 0.2) is 18.2 Å². The number of aryl methyl sites for hydroxylation is 1. The summed E-state index contributed by atoms with van der Waals surface area (Å²) in [6.07, 6.45) is 5.32. The molecular formula is C23H38N4O2. The van der Waals surface area contributed by atoms with Crippen LogP contribution in [0.3, 0.4) is 0 Å². The van der Waals surface area contributed by atoms with Crippen LogP contribution in [0.25, 0.3) is 0 Å². The molecule has 2 aliphatic rings. The minimum atomic E-state index is -0.172. The molecule has 1 aromatic rings. The predicted octanol–water partition coefficient (Wildman–Crippen LogP) is 3.85. The number of likely N-dealkylation sites (N-methyl/N-ethyl adjacent to an activating group) is 1. The second-order valence-corrected chi connectivity index (χ2v) is 8.47. The fraction of sp³-hybridized carbons (Fsp3) is 0.696. The number of piperazine rings is 1. The van der Waals surface area contributed by atoms with Crippen molar-refractivity contribution in [3.8, 4) is 0 Å². The number of urea groups is 1. The quantitative estimate of drug-likeness (QED) is 0.680. The summed E-state index contributed by atoms with van der Waals surface area (Å²) in [6, 6.07) is 6.00. The molecule has 1 aliphatic heterocycles. The molecule has 1 aromatic carbocycles. The third kappa shape index (κ3) is 6.34. The fourth-order valence-electron chi connectivity index (χ4n) is 4.47. The fourth-order valence-corrected chi connectivity index (χ4v) is 4.47. The first-order valence-corrected chi connectivity index (χ1v) is 11.3. The van der Waals surface area contributed by atoms with E-state index in [0.29, 0.717) is 25.2 Å². The number of carbonyl (C=O) groups is 1. The van der Waals surface area contributed by atoms with Crippen molar-refractivity contribution in [2.45, 2.75) is 52.6 Å². The van der Waals surface area contributed by atoms with Crippen molar-refractivity contribution in [1.29, 1.82) is 0 Å². The summed E-state index contributed by atoms with van der Waals surface area (Å²) in [5, 5.41) is 5.85. The van der Waals surface area contributed by atoms with Gasteiger partial charge in [0.05, 0.1) is 12.7 Å². The maximum Gasteiger partial charge on any atom is 0.319 e. The smallest absolute Gasteiger partial charge is 0.319 e. The summed E-state index contributed by atoms with van der Waals surface area (Å²) >= 11 is 0. The van der Waals surface area contributed by atoms with Gasteiger partial charge in [0.25, 0.3) is 0 Å². The van der Waals surface area contributed by atoms with Crippen LogP contribution in [0.4, 0.5) is 16.2 Å². The third-order valence-electron chi connectivity index (χ3n) is 6.37. The zero-order valence-corrected chi connectivity index (χ0v) is 18.4. The molecule has 0 unspecified atom stereocenters. The third-order valence-corrected chi connectivity index (χ3v) is 6.37.